The Morgan fingerprint density at radius 1 is 1.06 bits per heavy atom. The van der Waals surface area contributed by atoms with Crippen LogP contribution in [0.3, 0.4) is 0 Å². The number of rotatable bonds is 3. The summed E-state index contributed by atoms with van der Waals surface area (Å²) in [6, 6.07) is 11.0. The molecule has 3 heterocycles. The average Bonchev–Trinajstić information content (AvgIpc) is 3.41. The molecule has 0 spiro atoms. The van der Waals surface area contributed by atoms with E-state index in [1.165, 1.54) is 13.3 Å². The van der Waals surface area contributed by atoms with E-state index in [2.05, 4.69) is 19.3 Å². The Hall–Kier alpha value is -3.26. The summed E-state index contributed by atoms with van der Waals surface area (Å²) in [6.07, 6.45) is 4.15. The highest BCUT2D eigenvalue weighted by atomic mass is 16.5. The number of carbonyl (C=O) groups excluding carboxylic acids is 2. The van der Waals surface area contributed by atoms with Crippen molar-refractivity contribution in [2.45, 2.75) is 25.0 Å². The molecular weight excluding hydrogens is 396 g/mol. The second kappa shape index (κ2) is 7.77. The van der Waals surface area contributed by atoms with Gasteiger partial charge in [0.1, 0.15) is 5.69 Å². The molecule has 1 N–H and O–H groups in total. The average molecular weight is 420 g/mol. The Balaban J connectivity index is 1.31. The van der Waals surface area contributed by atoms with Gasteiger partial charge in [-0.25, -0.2) is 9.78 Å². The van der Waals surface area contributed by atoms with Crippen LogP contribution >= 0.6 is 0 Å². The van der Waals surface area contributed by atoms with Crippen LogP contribution in [0.5, 0.6) is 0 Å². The molecule has 0 bridgehead atoms. The number of aliphatic hydroxyl groups excluding tert-OH is 1. The topological polar surface area (TPSA) is 97.6 Å². The number of imidazole rings is 1. The van der Waals surface area contributed by atoms with E-state index in [0.717, 1.165) is 17.5 Å². The zero-order valence-electron chi connectivity index (χ0n) is 17.2. The monoisotopic (exact) mass is 420 g/mol. The maximum atomic E-state index is 13.0. The Bertz CT molecular complexity index is 1130. The van der Waals surface area contributed by atoms with Crippen LogP contribution in [-0.4, -0.2) is 62.7 Å². The van der Waals surface area contributed by atoms with Crippen LogP contribution in [0, 0.1) is 11.8 Å². The van der Waals surface area contributed by atoms with Crippen LogP contribution in [0.15, 0.2) is 48.9 Å². The number of nitrogens with zero attached hydrogens (tertiary/aromatic N) is 4. The van der Waals surface area contributed by atoms with Crippen molar-refractivity contribution in [3.05, 3.63) is 60.2 Å². The number of hydrogen-bond acceptors (Lipinski definition) is 6. The van der Waals surface area contributed by atoms with Crippen molar-refractivity contribution in [2.75, 3.05) is 20.2 Å². The summed E-state index contributed by atoms with van der Waals surface area (Å²) in [7, 11) is 1.31. The second-order valence-electron chi connectivity index (χ2n) is 8.40. The van der Waals surface area contributed by atoms with E-state index >= 15 is 0 Å². The van der Waals surface area contributed by atoms with Gasteiger partial charge in [-0.05, 0) is 48.9 Å². The van der Waals surface area contributed by atoms with E-state index < -0.39 is 12.1 Å². The third kappa shape index (κ3) is 3.46. The van der Waals surface area contributed by atoms with Crippen LogP contribution in [0.25, 0.3) is 11.0 Å². The zero-order valence-corrected chi connectivity index (χ0v) is 17.2. The summed E-state index contributed by atoms with van der Waals surface area (Å²) in [6.45, 7) is 1.25. The molecule has 2 fully saturated rings. The Morgan fingerprint density at radius 2 is 1.84 bits per heavy atom. The molecule has 4 atom stereocenters. The molecular formula is C23H24N4O4. The third-order valence-corrected chi connectivity index (χ3v) is 6.64. The van der Waals surface area contributed by atoms with Gasteiger partial charge in [0, 0.05) is 19.3 Å². The number of amides is 1. The number of likely N-dealkylation sites (tertiary alicyclic amines) is 1. The van der Waals surface area contributed by atoms with E-state index in [1.807, 2.05) is 35.5 Å². The summed E-state index contributed by atoms with van der Waals surface area (Å²) in [5.41, 5.74) is 2.56. The molecule has 5 rings (SSSR count). The minimum Gasteiger partial charge on any atom is -0.465 e. The van der Waals surface area contributed by atoms with Crippen molar-refractivity contribution in [3.8, 4) is 0 Å². The number of esters is 1. The highest BCUT2D eigenvalue weighted by Crippen LogP contribution is 2.42. The molecule has 1 amide bonds. The van der Waals surface area contributed by atoms with Crippen molar-refractivity contribution < 1.29 is 19.4 Å². The molecule has 3 aromatic rings. The molecule has 8 heteroatoms. The van der Waals surface area contributed by atoms with Gasteiger partial charge >= 0.3 is 5.97 Å². The molecule has 160 valence electrons. The van der Waals surface area contributed by atoms with Gasteiger partial charge in [0.15, 0.2) is 0 Å². The van der Waals surface area contributed by atoms with Gasteiger partial charge in [-0.15, -0.1) is 0 Å². The fraction of sp³-hybridized carbons (Fsp3) is 0.391. The van der Waals surface area contributed by atoms with Gasteiger partial charge in [-0.2, -0.15) is 0 Å². The molecule has 1 aromatic carbocycles. The summed E-state index contributed by atoms with van der Waals surface area (Å²) in [5.74, 6) is -0.0529. The standard InChI is InChI=1S/C23H24N4O4/c1-31-23(30)14-6-7-18(24-10-14)22(29)26-11-15-8-20(21(28)9-16(15)12-26)27-13-25-17-4-2-3-5-19(17)27/h2-7,10,13,15-16,20-21,28H,8-9,11-12H2,1H3/t15-,16+,20-,21-/m1/s1. The number of methoxy groups -OCH3 is 1. The highest BCUT2D eigenvalue weighted by Gasteiger charge is 2.44. The summed E-state index contributed by atoms with van der Waals surface area (Å²) in [4.78, 5) is 35.0. The number of pyridine rings is 1. The largest absolute Gasteiger partial charge is 0.465 e. The Kier molecular flexibility index (Phi) is 4.94. The second-order valence-corrected chi connectivity index (χ2v) is 8.40. The molecule has 1 saturated heterocycles. The smallest absolute Gasteiger partial charge is 0.339 e. The van der Waals surface area contributed by atoms with Gasteiger partial charge in [0.2, 0.25) is 0 Å². The van der Waals surface area contributed by atoms with Crippen molar-refractivity contribution in [2.24, 2.45) is 11.8 Å². The fourth-order valence-corrected chi connectivity index (χ4v) is 5.04. The molecule has 2 aromatic heterocycles. The number of aliphatic hydroxyl groups is 1. The third-order valence-electron chi connectivity index (χ3n) is 6.64. The van der Waals surface area contributed by atoms with Gasteiger partial charge in [0.05, 0.1) is 42.2 Å². The molecule has 1 aliphatic carbocycles. The van der Waals surface area contributed by atoms with Gasteiger partial charge in [0.25, 0.3) is 5.91 Å². The van der Waals surface area contributed by atoms with Gasteiger partial charge < -0.3 is 19.3 Å². The van der Waals surface area contributed by atoms with Crippen molar-refractivity contribution in [3.63, 3.8) is 0 Å². The molecule has 2 aliphatic rings. The Morgan fingerprint density at radius 3 is 2.58 bits per heavy atom. The SMILES string of the molecule is COC(=O)c1ccc(C(=O)N2C[C@H]3C[C@@H](n4cnc5ccccc54)[C@H](O)C[C@H]3C2)nc1. The lowest BCUT2D eigenvalue weighted by Crippen LogP contribution is -2.36. The number of carbonyl (C=O) groups is 2. The lowest BCUT2D eigenvalue weighted by Gasteiger charge is -2.36. The first-order valence-electron chi connectivity index (χ1n) is 10.5. The predicted octanol–water partition coefficient (Wildman–Crippen LogP) is 2.30. The number of benzene rings is 1. The van der Waals surface area contributed by atoms with Crippen LogP contribution < -0.4 is 0 Å². The lowest BCUT2D eigenvalue weighted by molar-refractivity contribution is 0.0374. The molecule has 0 unspecified atom stereocenters. The predicted molar refractivity (Wildman–Crippen MR) is 112 cm³/mol. The van der Waals surface area contributed by atoms with Gasteiger partial charge in [-0.3, -0.25) is 9.78 Å². The van der Waals surface area contributed by atoms with Crippen molar-refractivity contribution >= 4 is 22.9 Å². The normalized spacial score (nSPS) is 25.4. The van der Waals surface area contributed by atoms with E-state index in [-0.39, 0.29) is 17.9 Å². The maximum absolute atomic E-state index is 13.0. The molecule has 31 heavy (non-hydrogen) atoms. The van der Waals surface area contributed by atoms with E-state index in [9.17, 15) is 14.7 Å². The number of aromatic nitrogens is 3. The number of ether oxygens (including phenoxy) is 1. The van der Waals surface area contributed by atoms with Crippen LogP contribution in [0.2, 0.25) is 0 Å². The molecule has 1 aliphatic heterocycles. The summed E-state index contributed by atoms with van der Waals surface area (Å²) < 4.78 is 6.75. The minimum atomic E-state index is -0.481. The molecule has 8 nitrogen and oxygen atoms in total. The van der Waals surface area contributed by atoms with Crippen molar-refractivity contribution in [1.82, 2.24) is 19.4 Å². The first-order chi connectivity index (χ1) is 15.0. The zero-order chi connectivity index (χ0) is 21.5. The first kappa shape index (κ1) is 19.7. The fourth-order valence-electron chi connectivity index (χ4n) is 5.04. The highest BCUT2D eigenvalue weighted by molar-refractivity contribution is 5.94. The summed E-state index contributed by atoms with van der Waals surface area (Å²) >= 11 is 0. The first-order valence-corrected chi connectivity index (χ1v) is 10.5. The van der Waals surface area contributed by atoms with E-state index in [1.54, 1.807) is 12.1 Å². The Labute approximate surface area is 179 Å². The van der Waals surface area contributed by atoms with E-state index in [0.29, 0.717) is 36.7 Å². The number of para-hydroxylation sites is 2. The lowest BCUT2D eigenvalue weighted by atomic mass is 9.77. The number of hydrogen-bond donors (Lipinski definition) is 1. The van der Waals surface area contributed by atoms with Crippen LogP contribution in [0.1, 0.15) is 39.7 Å². The molecule has 1 saturated carbocycles. The minimum absolute atomic E-state index is 0.0545. The van der Waals surface area contributed by atoms with Gasteiger partial charge in [-0.1, -0.05) is 12.1 Å². The van der Waals surface area contributed by atoms with Crippen molar-refractivity contribution in [1.29, 1.82) is 0 Å². The quantitative estimate of drug-likeness (QED) is 0.653. The van der Waals surface area contributed by atoms with E-state index in [4.69, 9.17) is 0 Å². The van der Waals surface area contributed by atoms with Crippen LogP contribution in [-0.2, 0) is 4.74 Å². The van der Waals surface area contributed by atoms with Crippen LogP contribution in [0.4, 0.5) is 0 Å². The maximum Gasteiger partial charge on any atom is 0.339 e. The summed E-state index contributed by atoms with van der Waals surface area (Å²) in [5, 5.41) is 10.9. The molecule has 0 radical (unpaired) electrons. The number of fused-ring (bicyclic) bond motifs is 2.